The molecule has 3 aromatic rings. The minimum atomic E-state index is -0.784. The van der Waals surface area contributed by atoms with Crippen LogP contribution in [0.5, 0.6) is 0 Å². The first-order chi connectivity index (χ1) is 16.3. The summed E-state index contributed by atoms with van der Waals surface area (Å²) in [6.45, 7) is 4.20. The van der Waals surface area contributed by atoms with Crippen LogP contribution in [-0.2, 0) is 21.5 Å². The third-order valence-corrected chi connectivity index (χ3v) is 6.31. The number of rotatable bonds is 6. The first-order valence-corrected chi connectivity index (χ1v) is 11.2. The number of hydrogen-bond donors (Lipinski definition) is 3. The Morgan fingerprint density at radius 1 is 1.15 bits per heavy atom. The van der Waals surface area contributed by atoms with Crippen LogP contribution in [0.3, 0.4) is 0 Å². The smallest absolute Gasteiger partial charge is 0.322 e. The fourth-order valence-electron chi connectivity index (χ4n) is 4.37. The van der Waals surface area contributed by atoms with Crippen LogP contribution in [-0.4, -0.2) is 32.3 Å². The summed E-state index contributed by atoms with van der Waals surface area (Å²) in [5.41, 5.74) is -0.265. The van der Waals surface area contributed by atoms with Crippen molar-refractivity contribution in [2.45, 2.75) is 51.5 Å². The van der Waals surface area contributed by atoms with Gasteiger partial charge in [-0.2, -0.15) is 0 Å². The van der Waals surface area contributed by atoms with Gasteiger partial charge in [-0.25, -0.2) is 9.78 Å². The Morgan fingerprint density at radius 2 is 1.88 bits per heavy atom. The molecule has 10 nitrogen and oxygen atoms in total. The van der Waals surface area contributed by atoms with E-state index in [0.717, 1.165) is 5.56 Å². The van der Waals surface area contributed by atoms with Gasteiger partial charge in [-0.3, -0.25) is 34.0 Å². The van der Waals surface area contributed by atoms with E-state index in [4.69, 9.17) is 0 Å². The van der Waals surface area contributed by atoms with Gasteiger partial charge >= 0.3 is 5.69 Å². The zero-order valence-corrected chi connectivity index (χ0v) is 18.9. The fraction of sp³-hybridized carbons (Fsp3) is 0.333. The van der Waals surface area contributed by atoms with Crippen molar-refractivity contribution in [2.75, 3.05) is 5.32 Å². The number of aromatic nitrogens is 3. The maximum Gasteiger partial charge on any atom is 0.329 e. The maximum atomic E-state index is 12.8. The Morgan fingerprint density at radius 3 is 2.53 bits per heavy atom. The summed E-state index contributed by atoms with van der Waals surface area (Å²) in [5, 5.41) is 5.33. The molecule has 1 aliphatic rings. The molecule has 4 rings (SSSR count). The molecule has 2 aromatic heterocycles. The molecule has 1 atom stereocenters. The number of piperidine rings is 1. The first kappa shape index (κ1) is 23.1. The van der Waals surface area contributed by atoms with Gasteiger partial charge in [-0.15, -0.1) is 0 Å². The number of amides is 3. The lowest BCUT2D eigenvalue weighted by atomic mass is 9.72. The topological polar surface area (TPSA) is 143 Å². The van der Waals surface area contributed by atoms with Crippen LogP contribution in [0, 0.1) is 0 Å². The molecule has 3 heterocycles. The monoisotopic (exact) mass is 463 g/mol. The number of imide groups is 1. The van der Waals surface area contributed by atoms with Crippen LogP contribution in [0.1, 0.15) is 55.5 Å². The molecule has 1 aliphatic heterocycles. The van der Waals surface area contributed by atoms with E-state index in [9.17, 15) is 24.0 Å². The Labute approximate surface area is 194 Å². The highest BCUT2D eigenvalue weighted by Crippen LogP contribution is 2.36. The molecule has 3 amide bonds. The normalized spacial score (nSPS) is 18.1. The van der Waals surface area contributed by atoms with Crippen LogP contribution in [0.15, 0.2) is 46.1 Å². The summed E-state index contributed by atoms with van der Waals surface area (Å²) in [6, 6.07) is 8.32. The lowest BCUT2D eigenvalue weighted by molar-refractivity contribution is -0.138. The number of pyridine rings is 1. The minimum absolute atomic E-state index is 0.152. The molecule has 1 saturated heterocycles. The second-order valence-corrected chi connectivity index (χ2v) is 8.35. The van der Waals surface area contributed by atoms with Crippen molar-refractivity contribution in [3.8, 4) is 0 Å². The van der Waals surface area contributed by atoms with E-state index in [1.807, 2.05) is 13.8 Å². The van der Waals surface area contributed by atoms with Crippen LogP contribution in [0.2, 0.25) is 0 Å². The van der Waals surface area contributed by atoms with Gasteiger partial charge in [0.1, 0.15) is 5.65 Å². The minimum Gasteiger partial charge on any atom is -0.322 e. The summed E-state index contributed by atoms with van der Waals surface area (Å²) >= 11 is 0. The number of anilines is 1. The third kappa shape index (κ3) is 4.02. The van der Waals surface area contributed by atoms with Crippen molar-refractivity contribution in [3.63, 3.8) is 0 Å². The molecule has 0 radical (unpaired) electrons. The van der Waals surface area contributed by atoms with Crippen molar-refractivity contribution >= 4 is 34.4 Å². The van der Waals surface area contributed by atoms with Crippen molar-refractivity contribution < 1.29 is 14.4 Å². The van der Waals surface area contributed by atoms with Crippen molar-refractivity contribution in [1.82, 2.24) is 19.9 Å². The van der Waals surface area contributed by atoms with Gasteiger partial charge in [0.2, 0.25) is 11.8 Å². The highest BCUT2D eigenvalue weighted by Gasteiger charge is 2.42. The molecule has 10 heteroatoms. The highest BCUT2D eigenvalue weighted by molar-refractivity contribution is 6.06. The van der Waals surface area contributed by atoms with E-state index in [-0.39, 0.29) is 34.8 Å². The van der Waals surface area contributed by atoms with Gasteiger partial charge in [0, 0.05) is 24.8 Å². The quantitative estimate of drug-likeness (QED) is 0.476. The largest absolute Gasteiger partial charge is 0.329 e. The van der Waals surface area contributed by atoms with Gasteiger partial charge in [-0.05, 0) is 43.0 Å². The van der Waals surface area contributed by atoms with Gasteiger partial charge in [0.25, 0.3) is 11.5 Å². The van der Waals surface area contributed by atoms with Crippen LogP contribution >= 0.6 is 0 Å². The van der Waals surface area contributed by atoms with Crippen molar-refractivity contribution in [2.24, 2.45) is 0 Å². The van der Waals surface area contributed by atoms with E-state index in [1.165, 1.54) is 16.8 Å². The Balaban J connectivity index is 1.58. The second kappa shape index (κ2) is 9.05. The number of H-pyrrole nitrogens is 1. The zero-order chi connectivity index (χ0) is 24.5. The lowest BCUT2D eigenvalue weighted by Gasteiger charge is -2.35. The van der Waals surface area contributed by atoms with Crippen molar-refractivity contribution in [1.29, 1.82) is 0 Å². The van der Waals surface area contributed by atoms with Gasteiger partial charge in [0.05, 0.1) is 16.4 Å². The van der Waals surface area contributed by atoms with E-state index in [1.54, 1.807) is 24.3 Å². The molecule has 0 bridgehead atoms. The standard InChI is InChI=1S/C24H25N5O5/c1-3-11-29-19-17(21(32)28-23(29)34)12-14(13-25-19)20(31)26-16-7-5-15(6-8-16)24(4-2)10-9-18(30)27-22(24)33/h5-8,12-13H,3-4,9-11H2,1-2H3,(H,26,31)(H,27,30,33)(H,28,32,34). The summed E-state index contributed by atoms with van der Waals surface area (Å²) in [7, 11) is 0. The van der Waals surface area contributed by atoms with Crippen LogP contribution in [0.25, 0.3) is 11.0 Å². The Bertz CT molecular complexity index is 1410. The number of hydrogen-bond acceptors (Lipinski definition) is 6. The molecular formula is C24H25N5O5. The molecule has 0 aliphatic carbocycles. The second-order valence-electron chi connectivity index (χ2n) is 8.35. The number of nitrogens with one attached hydrogen (secondary N) is 3. The van der Waals surface area contributed by atoms with Crippen LogP contribution in [0.4, 0.5) is 5.69 Å². The van der Waals surface area contributed by atoms with E-state index < -0.39 is 22.6 Å². The number of fused-ring (bicyclic) bond motifs is 1. The molecule has 1 fully saturated rings. The number of carbonyl (C=O) groups is 3. The maximum absolute atomic E-state index is 12.8. The predicted octanol–water partition coefficient (Wildman–Crippen LogP) is 1.83. The summed E-state index contributed by atoms with van der Waals surface area (Å²) in [6.07, 6.45) is 3.25. The molecule has 1 aromatic carbocycles. The van der Waals surface area contributed by atoms with E-state index in [0.29, 0.717) is 31.5 Å². The number of aromatic amines is 1. The number of nitrogens with zero attached hydrogens (tertiary/aromatic N) is 2. The van der Waals surface area contributed by atoms with E-state index >= 15 is 0 Å². The van der Waals surface area contributed by atoms with Gasteiger partial charge in [-0.1, -0.05) is 26.0 Å². The van der Waals surface area contributed by atoms with Crippen LogP contribution < -0.4 is 21.9 Å². The molecule has 34 heavy (non-hydrogen) atoms. The Kier molecular flexibility index (Phi) is 6.14. The average Bonchev–Trinajstić information content (AvgIpc) is 2.82. The molecule has 176 valence electrons. The van der Waals surface area contributed by atoms with Gasteiger partial charge < -0.3 is 5.32 Å². The lowest BCUT2D eigenvalue weighted by Crippen LogP contribution is -2.51. The first-order valence-electron chi connectivity index (χ1n) is 11.2. The van der Waals surface area contributed by atoms with Gasteiger partial charge in [0.15, 0.2) is 0 Å². The predicted molar refractivity (Wildman–Crippen MR) is 126 cm³/mol. The average molecular weight is 463 g/mol. The number of carbonyl (C=O) groups excluding carboxylic acids is 3. The third-order valence-electron chi connectivity index (χ3n) is 6.31. The summed E-state index contributed by atoms with van der Waals surface area (Å²) in [4.78, 5) is 67.8. The molecule has 1 unspecified atom stereocenters. The summed E-state index contributed by atoms with van der Waals surface area (Å²) < 4.78 is 1.37. The molecule has 0 saturated carbocycles. The SMILES string of the molecule is CCCn1c(=O)[nH]c(=O)c2cc(C(=O)Nc3ccc(C4(CC)CCC(=O)NC4=O)cc3)cnc21. The highest BCUT2D eigenvalue weighted by atomic mass is 16.2. The fourth-order valence-corrected chi connectivity index (χ4v) is 4.37. The molecule has 0 spiro atoms. The Hall–Kier alpha value is -4.08. The number of aryl methyl sites for hydroxylation is 1. The molecular weight excluding hydrogens is 438 g/mol. The zero-order valence-electron chi connectivity index (χ0n) is 18.9. The molecule has 3 N–H and O–H groups in total. The van der Waals surface area contributed by atoms with Crippen molar-refractivity contribution in [3.05, 3.63) is 68.5 Å². The van der Waals surface area contributed by atoms with E-state index in [2.05, 4.69) is 20.6 Å². The summed E-state index contributed by atoms with van der Waals surface area (Å²) in [5.74, 6) is -1.05. The number of benzene rings is 1.